The van der Waals surface area contributed by atoms with Crippen LogP contribution in [0.5, 0.6) is 0 Å². The molecule has 1 saturated heterocycles. The first-order valence-electron chi connectivity index (χ1n) is 6.44. The Labute approximate surface area is 113 Å². The Hall–Kier alpha value is -0.830. The Bertz CT molecular complexity index is 420. The first kappa shape index (κ1) is 13.6. The maximum atomic E-state index is 13.8. The van der Waals surface area contributed by atoms with Gasteiger partial charge in [-0.15, -0.1) is 0 Å². The minimum atomic E-state index is -0.322. The fourth-order valence-corrected chi connectivity index (χ4v) is 2.74. The molecule has 1 aromatic rings. The summed E-state index contributed by atoms with van der Waals surface area (Å²) in [5.41, 5.74) is 0.331. The number of hydrogen-bond donors (Lipinski definition) is 0. The summed E-state index contributed by atoms with van der Waals surface area (Å²) in [6.07, 6.45) is 3.69. The number of nitrogens with zero attached hydrogens (tertiary/aromatic N) is 2. The molecule has 1 aromatic heterocycles. The summed E-state index contributed by atoms with van der Waals surface area (Å²) in [7, 11) is 0. The van der Waals surface area contributed by atoms with E-state index in [0.717, 1.165) is 25.9 Å². The second-order valence-corrected chi connectivity index (χ2v) is 6.52. The second kappa shape index (κ2) is 5.04. The third-order valence-corrected chi connectivity index (χ3v) is 4.01. The topological polar surface area (TPSA) is 16.1 Å². The maximum absolute atomic E-state index is 13.8. The van der Waals surface area contributed by atoms with Gasteiger partial charge in [-0.25, -0.2) is 9.37 Å². The number of pyridine rings is 1. The number of hydrogen-bond acceptors (Lipinski definition) is 2. The summed E-state index contributed by atoms with van der Waals surface area (Å²) in [5.74, 6) is 0.813. The van der Waals surface area contributed by atoms with Gasteiger partial charge in [0.25, 0.3) is 0 Å². The van der Waals surface area contributed by atoms with Gasteiger partial charge in [-0.1, -0.05) is 32.4 Å². The van der Waals surface area contributed by atoms with E-state index in [1.807, 2.05) is 4.90 Å². The summed E-state index contributed by atoms with van der Waals surface area (Å²) in [4.78, 5) is 6.13. The van der Waals surface area contributed by atoms with E-state index in [2.05, 4.69) is 25.8 Å². The van der Waals surface area contributed by atoms with Crippen LogP contribution in [0.25, 0.3) is 0 Å². The summed E-state index contributed by atoms with van der Waals surface area (Å²) in [6.45, 7) is 8.55. The lowest BCUT2D eigenvalue weighted by molar-refractivity contribution is 0.198. The van der Waals surface area contributed by atoms with E-state index < -0.39 is 0 Å². The quantitative estimate of drug-likeness (QED) is 0.763. The molecule has 0 amide bonds. The molecule has 0 unspecified atom stereocenters. The molecule has 0 aliphatic carbocycles. The zero-order valence-electron chi connectivity index (χ0n) is 11.2. The predicted molar refractivity (Wildman–Crippen MR) is 73.6 cm³/mol. The van der Waals surface area contributed by atoms with Crippen LogP contribution in [0.1, 0.15) is 33.6 Å². The maximum Gasteiger partial charge on any atom is 0.167 e. The Morgan fingerprint density at radius 2 is 1.94 bits per heavy atom. The van der Waals surface area contributed by atoms with Crippen LogP contribution in [-0.2, 0) is 0 Å². The lowest BCUT2D eigenvalue weighted by Crippen LogP contribution is -2.38. The van der Waals surface area contributed by atoms with Crippen LogP contribution in [0.3, 0.4) is 0 Å². The number of aromatic nitrogens is 1. The molecule has 0 spiro atoms. The third kappa shape index (κ3) is 2.94. The molecular formula is C14H20ClFN2. The van der Waals surface area contributed by atoms with Gasteiger partial charge >= 0.3 is 0 Å². The molecule has 18 heavy (non-hydrogen) atoms. The van der Waals surface area contributed by atoms with Gasteiger partial charge in [0.15, 0.2) is 11.6 Å². The highest BCUT2D eigenvalue weighted by Crippen LogP contribution is 2.35. The van der Waals surface area contributed by atoms with Gasteiger partial charge in [-0.3, -0.25) is 0 Å². The average molecular weight is 271 g/mol. The van der Waals surface area contributed by atoms with Crippen LogP contribution in [-0.4, -0.2) is 18.1 Å². The molecule has 2 rings (SSSR count). The van der Waals surface area contributed by atoms with Gasteiger partial charge in [-0.05, 0) is 30.2 Å². The highest BCUT2D eigenvalue weighted by molar-refractivity contribution is 6.30. The molecule has 2 heterocycles. The number of halogens is 2. The van der Waals surface area contributed by atoms with Crippen LogP contribution in [0, 0.1) is 17.2 Å². The fourth-order valence-electron chi connectivity index (χ4n) is 2.60. The van der Waals surface area contributed by atoms with Crippen LogP contribution in [0.15, 0.2) is 12.3 Å². The van der Waals surface area contributed by atoms with E-state index in [4.69, 9.17) is 11.6 Å². The predicted octanol–water partition coefficient (Wildman–Crippen LogP) is 4.14. The van der Waals surface area contributed by atoms with E-state index in [-0.39, 0.29) is 5.82 Å². The zero-order valence-corrected chi connectivity index (χ0v) is 12.0. The standard InChI is InChI=1S/C14H20ClFN2/c1-14(2,3)10-4-6-18(7-5-10)13-12(16)8-11(15)9-17-13/h8-10H,4-7H2,1-3H3. The SMILES string of the molecule is CC(C)(C)C1CCN(c2ncc(Cl)cc2F)CC1. The van der Waals surface area contributed by atoms with Crippen molar-refractivity contribution in [2.24, 2.45) is 11.3 Å². The van der Waals surface area contributed by atoms with Crippen molar-refractivity contribution in [3.05, 3.63) is 23.1 Å². The summed E-state index contributed by atoms with van der Waals surface area (Å²) >= 11 is 5.72. The molecular weight excluding hydrogens is 251 g/mol. The Kier molecular flexibility index (Phi) is 3.81. The van der Waals surface area contributed by atoms with Gasteiger partial charge in [0.1, 0.15) is 0 Å². The highest BCUT2D eigenvalue weighted by Gasteiger charge is 2.29. The fraction of sp³-hybridized carbons (Fsp3) is 0.643. The average Bonchev–Trinajstić information content (AvgIpc) is 2.28. The molecule has 0 radical (unpaired) electrons. The second-order valence-electron chi connectivity index (χ2n) is 6.09. The smallest absolute Gasteiger partial charge is 0.167 e. The Balaban J connectivity index is 2.06. The first-order valence-corrected chi connectivity index (χ1v) is 6.81. The monoisotopic (exact) mass is 270 g/mol. The minimum Gasteiger partial charge on any atom is -0.354 e. The van der Waals surface area contributed by atoms with E-state index in [0.29, 0.717) is 22.2 Å². The summed E-state index contributed by atoms with van der Waals surface area (Å²) in [6, 6.07) is 1.33. The van der Waals surface area contributed by atoms with E-state index in [1.165, 1.54) is 12.3 Å². The van der Waals surface area contributed by atoms with Gasteiger partial charge < -0.3 is 4.90 Å². The minimum absolute atomic E-state index is 0.322. The van der Waals surface area contributed by atoms with E-state index in [1.54, 1.807) is 0 Å². The molecule has 2 nitrogen and oxygen atoms in total. The molecule has 0 atom stereocenters. The van der Waals surface area contributed by atoms with Crippen molar-refractivity contribution in [2.75, 3.05) is 18.0 Å². The van der Waals surface area contributed by atoms with Crippen molar-refractivity contribution in [2.45, 2.75) is 33.6 Å². The van der Waals surface area contributed by atoms with E-state index in [9.17, 15) is 4.39 Å². The summed E-state index contributed by atoms with van der Waals surface area (Å²) in [5, 5.41) is 0.348. The molecule has 4 heteroatoms. The van der Waals surface area contributed by atoms with Gasteiger partial charge in [0.05, 0.1) is 5.02 Å². The molecule has 0 bridgehead atoms. The van der Waals surface area contributed by atoms with Crippen molar-refractivity contribution in [3.63, 3.8) is 0 Å². The molecule has 0 aromatic carbocycles. The van der Waals surface area contributed by atoms with Crippen molar-refractivity contribution in [1.29, 1.82) is 0 Å². The number of piperidine rings is 1. The van der Waals surface area contributed by atoms with Crippen molar-refractivity contribution in [1.82, 2.24) is 4.98 Å². The van der Waals surface area contributed by atoms with Gasteiger partial charge in [-0.2, -0.15) is 0 Å². The molecule has 0 saturated carbocycles. The molecule has 1 aliphatic heterocycles. The van der Waals surface area contributed by atoms with Gasteiger partial charge in [0, 0.05) is 19.3 Å². The number of rotatable bonds is 1. The largest absolute Gasteiger partial charge is 0.354 e. The Morgan fingerprint density at radius 3 is 2.44 bits per heavy atom. The first-order chi connectivity index (χ1) is 8.38. The normalized spacial score (nSPS) is 18.2. The lowest BCUT2D eigenvalue weighted by Gasteiger charge is -2.39. The van der Waals surface area contributed by atoms with Crippen LogP contribution < -0.4 is 4.90 Å². The van der Waals surface area contributed by atoms with Crippen molar-refractivity contribution in [3.8, 4) is 0 Å². The molecule has 1 fully saturated rings. The van der Waals surface area contributed by atoms with Crippen molar-refractivity contribution < 1.29 is 4.39 Å². The third-order valence-electron chi connectivity index (χ3n) is 3.81. The Morgan fingerprint density at radius 1 is 1.33 bits per heavy atom. The van der Waals surface area contributed by atoms with Gasteiger partial charge in [0.2, 0.25) is 0 Å². The van der Waals surface area contributed by atoms with E-state index >= 15 is 0 Å². The lowest BCUT2D eigenvalue weighted by atomic mass is 9.75. The van der Waals surface area contributed by atoms with Crippen LogP contribution in [0.4, 0.5) is 10.2 Å². The summed E-state index contributed by atoms with van der Waals surface area (Å²) < 4.78 is 13.8. The van der Waals surface area contributed by atoms with Crippen LogP contribution >= 0.6 is 11.6 Å². The number of anilines is 1. The zero-order chi connectivity index (χ0) is 13.3. The molecule has 100 valence electrons. The molecule has 0 N–H and O–H groups in total. The highest BCUT2D eigenvalue weighted by atomic mass is 35.5. The van der Waals surface area contributed by atoms with Crippen molar-refractivity contribution >= 4 is 17.4 Å². The molecule has 1 aliphatic rings. The van der Waals surface area contributed by atoms with Crippen LogP contribution in [0.2, 0.25) is 5.02 Å².